The van der Waals surface area contributed by atoms with Crippen LogP contribution in [-0.2, 0) is 4.74 Å². The zero-order valence-corrected chi connectivity index (χ0v) is 10.7. The Morgan fingerprint density at radius 1 is 1.27 bits per heavy atom. The highest BCUT2D eigenvalue weighted by Gasteiger charge is 2.26. The molecule has 0 saturated carbocycles. The summed E-state index contributed by atoms with van der Waals surface area (Å²) in [6.45, 7) is 15.2. The van der Waals surface area contributed by atoms with Gasteiger partial charge in [-0.1, -0.05) is 27.7 Å². The summed E-state index contributed by atoms with van der Waals surface area (Å²) in [5.41, 5.74) is 0.328. The quantitative estimate of drug-likeness (QED) is 0.764. The van der Waals surface area contributed by atoms with Crippen molar-refractivity contribution in [3.63, 3.8) is 0 Å². The second-order valence-corrected chi connectivity index (χ2v) is 5.39. The molecule has 15 heavy (non-hydrogen) atoms. The molecule has 1 fully saturated rings. The van der Waals surface area contributed by atoms with Gasteiger partial charge in [0.05, 0.1) is 13.2 Å². The Kier molecular flexibility index (Phi) is 5.03. The molecule has 1 saturated heterocycles. The van der Waals surface area contributed by atoms with Crippen LogP contribution in [-0.4, -0.2) is 50.3 Å². The SMILES string of the molecule is CCNC(CN1CCOCC1)C(C)(C)C. The fourth-order valence-electron chi connectivity index (χ4n) is 1.93. The Morgan fingerprint density at radius 2 is 1.87 bits per heavy atom. The summed E-state index contributed by atoms with van der Waals surface area (Å²) < 4.78 is 5.36. The van der Waals surface area contributed by atoms with Crippen LogP contribution >= 0.6 is 0 Å². The van der Waals surface area contributed by atoms with Gasteiger partial charge in [-0.05, 0) is 12.0 Å². The maximum atomic E-state index is 5.36. The third kappa shape index (κ3) is 4.49. The van der Waals surface area contributed by atoms with Crippen LogP contribution in [0.1, 0.15) is 27.7 Å². The van der Waals surface area contributed by atoms with E-state index in [0.717, 1.165) is 39.4 Å². The van der Waals surface area contributed by atoms with Crippen LogP contribution in [0.3, 0.4) is 0 Å². The van der Waals surface area contributed by atoms with Crippen molar-refractivity contribution in [3.05, 3.63) is 0 Å². The highest BCUT2D eigenvalue weighted by molar-refractivity contribution is 4.83. The zero-order valence-electron chi connectivity index (χ0n) is 10.7. The van der Waals surface area contributed by atoms with E-state index >= 15 is 0 Å². The molecule has 1 atom stereocenters. The normalized spacial score (nSPS) is 21.6. The molecule has 0 aromatic heterocycles. The third-order valence-corrected chi connectivity index (χ3v) is 3.04. The van der Waals surface area contributed by atoms with E-state index in [1.807, 2.05) is 0 Å². The summed E-state index contributed by atoms with van der Waals surface area (Å²) in [5.74, 6) is 0. The van der Waals surface area contributed by atoms with Gasteiger partial charge in [-0.2, -0.15) is 0 Å². The van der Waals surface area contributed by atoms with Crippen molar-refractivity contribution in [1.29, 1.82) is 0 Å². The van der Waals surface area contributed by atoms with Crippen LogP contribution in [0, 0.1) is 5.41 Å². The predicted octanol–water partition coefficient (Wildman–Crippen LogP) is 1.34. The lowest BCUT2D eigenvalue weighted by Gasteiger charge is -2.37. The van der Waals surface area contributed by atoms with Crippen LogP contribution in [0.4, 0.5) is 0 Å². The predicted molar refractivity (Wildman–Crippen MR) is 64.2 cm³/mol. The van der Waals surface area contributed by atoms with Crippen molar-refractivity contribution in [2.45, 2.75) is 33.7 Å². The minimum Gasteiger partial charge on any atom is -0.379 e. The van der Waals surface area contributed by atoms with E-state index < -0.39 is 0 Å². The highest BCUT2D eigenvalue weighted by atomic mass is 16.5. The molecule has 0 aromatic carbocycles. The number of nitrogens with zero attached hydrogens (tertiary/aromatic N) is 1. The van der Waals surface area contributed by atoms with Gasteiger partial charge >= 0.3 is 0 Å². The second-order valence-electron chi connectivity index (χ2n) is 5.39. The molecule has 1 aliphatic heterocycles. The minimum atomic E-state index is 0.328. The zero-order chi connectivity index (χ0) is 11.3. The van der Waals surface area contributed by atoms with E-state index in [1.54, 1.807) is 0 Å². The second kappa shape index (κ2) is 5.83. The Bertz CT molecular complexity index is 171. The van der Waals surface area contributed by atoms with Gasteiger partial charge in [0.2, 0.25) is 0 Å². The molecule has 3 heteroatoms. The first kappa shape index (κ1) is 12.9. The number of likely N-dealkylation sites (N-methyl/N-ethyl adjacent to an activating group) is 1. The molecule has 1 heterocycles. The molecule has 0 radical (unpaired) electrons. The standard InChI is InChI=1S/C12H26N2O/c1-5-13-11(12(2,3)4)10-14-6-8-15-9-7-14/h11,13H,5-10H2,1-4H3. The van der Waals surface area contributed by atoms with Gasteiger partial charge in [0, 0.05) is 25.7 Å². The molecular weight excluding hydrogens is 188 g/mol. The van der Waals surface area contributed by atoms with Crippen molar-refractivity contribution >= 4 is 0 Å². The monoisotopic (exact) mass is 214 g/mol. The summed E-state index contributed by atoms with van der Waals surface area (Å²) in [4.78, 5) is 2.50. The van der Waals surface area contributed by atoms with Gasteiger partial charge in [0.15, 0.2) is 0 Å². The fourth-order valence-corrected chi connectivity index (χ4v) is 1.93. The first-order valence-electron chi connectivity index (χ1n) is 6.07. The van der Waals surface area contributed by atoms with Crippen LogP contribution in [0.5, 0.6) is 0 Å². The first-order chi connectivity index (χ1) is 7.04. The van der Waals surface area contributed by atoms with Gasteiger partial charge in [0.25, 0.3) is 0 Å². The number of rotatable bonds is 4. The summed E-state index contributed by atoms with van der Waals surface area (Å²) in [5, 5.41) is 3.59. The van der Waals surface area contributed by atoms with Gasteiger partial charge in [-0.3, -0.25) is 4.90 Å². The summed E-state index contributed by atoms with van der Waals surface area (Å²) in [6.07, 6.45) is 0. The molecule has 0 amide bonds. The van der Waals surface area contributed by atoms with Crippen molar-refractivity contribution in [2.75, 3.05) is 39.4 Å². The van der Waals surface area contributed by atoms with E-state index in [1.165, 1.54) is 0 Å². The summed E-state index contributed by atoms with van der Waals surface area (Å²) in [7, 11) is 0. The maximum Gasteiger partial charge on any atom is 0.0594 e. The topological polar surface area (TPSA) is 24.5 Å². The van der Waals surface area contributed by atoms with E-state index in [2.05, 4.69) is 37.9 Å². The minimum absolute atomic E-state index is 0.328. The third-order valence-electron chi connectivity index (χ3n) is 3.04. The van der Waals surface area contributed by atoms with Crippen LogP contribution < -0.4 is 5.32 Å². The molecule has 0 aliphatic carbocycles. The Hall–Kier alpha value is -0.120. The van der Waals surface area contributed by atoms with Gasteiger partial charge in [-0.25, -0.2) is 0 Å². The van der Waals surface area contributed by atoms with Crippen molar-refractivity contribution < 1.29 is 4.74 Å². The van der Waals surface area contributed by atoms with E-state index in [4.69, 9.17) is 4.74 Å². The maximum absolute atomic E-state index is 5.36. The number of ether oxygens (including phenoxy) is 1. The first-order valence-corrected chi connectivity index (χ1v) is 6.07. The Labute approximate surface area is 94.2 Å². The summed E-state index contributed by atoms with van der Waals surface area (Å²) in [6, 6.07) is 0.570. The Morgan fingerprint density at radius 3 is 2.33 bits per heavy atom. The molecule has 1 unspecified atom stereocenters. The van der Waals surface area contributed by atoms with Crippen molar-refractivity contribution in [3.8, 4) is 0 Å². The van der Waals surface area contributed by atoms with Crippen LogP contribution in [0.2, 0.25) is 0 Å². The van der Waals surface area contributed by atoms with E-state index in [9.17, 15) is 0 Å². The van der Waals surface area contributed by atoms with Gasteiger partial charge < -0.3 is 10.1 Å². The Balaban J connectivity index is 2.42. The average molecular weight is 214 g/mol. The fraction of sp³-hybridized carbons (Fsp3) is 1.00. The molecule has 3 nitrogen and oxygen atoms in total. The molecule has 0 aromatic rings. The van der Waals surface area contributed by atoms with Crippen LogP contribution in [0.25, 0.3) is 0 Å². The summed E-state index contributed by atoms with van der Waals surface area (Å²) >= 11 is 0. The van der Waals surface area contributed by atoms with E-state index in [0.29, 0.717) is 11.5 Å². The molecule has 0 spiro atoms. The lowest BCUT2D eigenvalue weighted by atomic mass is 9.86. The van der Waals surface area contributed by atoms with E-state index in [-0.39, 0.29) is 0 Å². The smallest absolute Gasteiger partial charge is 0.0594 e. The van der Waals surface area contributed by atoms with Gasteiger partial charge in [0.1, 0.15) is 0 Å². The molecule has 0 bridgehead atoms. The lowest BCUT2D eigenvalue weighted by molar-refractivity contribution is 0.0264. The highest BCUT2D eigenvalue weighted by Crippen LogP contribution is 2.20. The number of hydrogen-bond acceptors (Lipinski definition) is 3. The molecule has 1 N–H and O–H groups in total. The van der Waals surface area contributed by atoms with Crippen molar-refractivity contribution in [2.24, 2.45) is 5.41 Å². The van der Waals surface area contributed by atoms with Crippen molar-refractivity contribution in [1.82, 2.24) is 10.2 Å². The largest absolute Gasteiger partial charge is 0.379 e. The number of morpholine rings is 1. The lowest BCUT2D eigenvalue weighted by Crippen LogP contribution is -2.51. The van der Waals surface area contributed by atoms with Crippen LogP contribution in [0.15, 0.2) is 0 Å². The molecule has 1 rings (SSSR count). The number of hydrogen-bond donors (Lipinski definition) is 1. The average Bonchev–Trinajstić information content (AvgIpc) is 2.17. The molecule has 1 aliphatic rings. The number of nitrogens with one attached hydrogen (secondary N) is 1. The molecule has 90 valence electrons. The molecular formula is C12H26N2O. The van der Waals surface area contributed by atoms with Gasteiger partial charge in [-0.15, -0.1) is 0 Å².